The van der Waals surface area contributed by atoms with Crippen LogP contribution >= 0.6 is 0 Å². The average molecular weight is 288 g/mol. The number of hydrogen-bond acceptors (Lipinski definition) is 6. The maximum Gasteiger partial charge on any atom is 0.322 e. The van der Waals surface area contributed by atoms with E-state index in [-0.39, 0.29) is 11.8 Å². The molecule has 0 unspecified atom stereocenters. The molecule has 2 rings (SSSR count). The number of aromatic nitrogens is 2. The van der Waals surface area contributed by atoms with E-state index in [1.807, 2.05) is 6.92 Å². The molecule has 1 aromatic heterocycles. The Balaban J connectivity index is 2.20. The molecule has 7 heteroatoms. The van der Waals surface area contributed by atoms with Crippen LogP contribution in [0.3, 0.4) is 0 Å². The highest BCUT2D eigenvalue weighted by atomic mass is 16.5. The molecule has 7 nitrogen and oxygen atoms in total. The van der Waals surface area contributed by atoms with Gasteiger partial charge in [-0.3, -0.25) is 0 Å². The van der Waals surface area contributed by atoms with E-state index in [9.17, 15) is 0 Å². The van der Waals surface area contributed by atoms with E-state index in [0.717, 1.165) is 5.75 Å². The predicted octanol–water partition coefficient (Wildman–Crippen LogP) is 2.07. The molecule has 0 atom stereocenters. The van der Waals surface area contributed by atoms with Gasteiger partial charge in [-0.05, 0) is 44.2 Å². The average Bonchev–Trinajstić information content (AvgIpc) is 2.48. The standard InChI is InChI=1S/C14H16N4O3/c1-3-20-10-4-6-11(7-5-10)21-14-16-9(2)8-12(17-14)13(15)18-19/h4-8,19H,3H2,1-2H3,(H2,15,18). The Morgan fingerprint density at radius 2 is 1.90 bits per heavy atom. The van der Waals surface area contributed by atoms with Crippen molar-refractivity contribution in [2.45, 2.75) is 13.8 Å². The number of ether oxygens (including phenoxy) is 2. The largest absolute Gasteiger partial charge is 0.494 e. The van der Waals surface area contributed by atoms with Crippen molar-refractivity contribution in [3.8, 4) is 17.5 Å². The maximum absolute atomic E-state index is 8.69. The molecule has 0 fully saturated rings. The van der Waals surface area contributed by atoms with Crippen LogP contribution < -0.4 is 15.2 Å². The van der Waals surface area contributed by atoms with Gasteiger partial charge in [-0.1, -0.05) is 5.16 Å². The van der Waals surface area contributed by atoms with Gasteiger partial charge in [0, 0.05) is 5.69 Å². The fraction of sp³-hybridized carbons (Fsp3) is 0.214. The Morgan fingerprint density at radius 1 is 1.24 bits per heavy atom. The van der Waals surface area contributed by atoms with Gasteiger partial charge in [-0.15, -0.1) is 0 Å². The van der Waals surface area contributed by atoms with Gasteiger partial charge >= 0.3 is 6.01 Å². The second kappa shape index (κ2) is 6.56. The van der Waals surface area contributed by atoms with E-state index in [4.69, 9.17) is 20.4 Å². The summed E-state index contributed by atoms with van der Waals surface area (Å²) < 4.78 is 10.9. The molecule has 0 amide bonds. The number of oxime groups is 1. The topological polar surface area (TPSA) is 103 Å². The van der Waals surface area contributed by atoms with Crippen LogP contribution in [-0.4, -0.2) is 27.6 Å². The van der Waals surface area contributed by atoms with Crippen LogP contribution in [0.15, 0.2) is 35.5 Å². The highest BCUT2D eigenvalue weighted by Crippen LogP contribution is 2.22. The molecule has 1 aromatic carbocycles. The SMILES string of the molecule is CCOc1ccc(Oc2nc(C)cc(/C(N)=N/O)n2)cc1. The first kappa shape index (κ1) is 14.6. The molecule has 0 aliphatic heterocycles. The molecule has 0 radical (unpaired) electrons. The molecule has 1 heterocycles. The number of nitrogens with two attached hydrogens (primary N) is 1. The lowest BCUT2D eigenvalue weighted by Crippen LogP contribution is -2.16. The lowest BCUT2D eigenvalue weighted by molar-refractivity contribution is 0.318. The minimum atomic E-state index is -0.1000. The molecule has 110 valence electrons. The summed E-state index contributed by atoms with van der Waals surface area (Å²) in [5.41, 5.74) is 6.46. The maximum atomic E-state index is 8.69. The molecular weight excluding hydrogens is 272 g/mol. The number of hydrogen-bond donors (Lipinski definition) is 2. The highest BCUT2D eigenvalue weighted by Gasteiger charge is 2.08. The Morgan fingerprint density at radius 3 is 2.52 bits per heavy atom. The van der Waals surface area contributed by atoms with Gasteiger partial charge in [-0.25, -0.2) is 4.98 Å². The van der Waals surface area contributed by atoms with Crippen molar-refractivity contribution in [2.75, 3.05) is 6.61 Å². The van der Waals surface area contributed by atoms with E-state index >= 15 is 0 Å². The number of benzene rings is 1. The molecule has 0 bridgehead atoms. The number of nitrogens with zero attached hydrogens (tertiary/aromatic N) is 3. The van der Waals surface area contributed by atoms with Gasteiger partial charge < -0.3 is 20.4 Å². The van der Waals surface area contributed by atoms with Gasteiger partial charge in [0.25, 0.3) is 0 Å². The summed E-state index contributed by atoms with van der Waals surface area (Å²) in [6.07, 6.45) is 0. The molecule has 3 N–H and O–H groups in total. The summed E-state index contributed by atoms with van der Waals surface area (Å²) in [7, 11) is 0. The fourth-order valence-corrected chi connectivity index (χ4v) is 1.65. The third-order valence-corrected chi connectivity index (χ3v) is 2.55. The lowest BCUT2D eigenvalue weighted by atomic mass is 10.3. The minimum absolute atomic E-state index is 0.1000. The zero-order valence-corrected chi connectivity index (χ0v) is 11.8. The van der Waals surface area contributed by atoms with Crippen LogP contribution in [0.5, 0.6) is 17.5 Å². The van der Waals surface area contributed by atoms with Crippen molar-refractivity contribution in [3.63, 3.8) is 0 Å². The van der Waals surface area contributed by atoms with Crippen LogP contribution in [0.2, 0.25) is 0 Å². The first-order chi connectivity index (χ1) is 10.1. The molecule has 0 saturated carbocycles. The Bertz CT molecular complexity index is 641. The van der Waals surface area contributed by atoms with E-state index in [1.165, 1.54) is 0 Å². The summed E-state index contributed by atoms with van der Waals surface area (Å²) in [5.74, 6) is 1.22. The first-order valence-electron chi connectivity index (χ1n) is 6.36. The van der Waals surface area contributed by atoms with Crippen LogP contribution in [-0.2, 0) is 0 Å². The second-order valence-electron chi connectivity index (χ2n) is 4.17. The summed E-state index contributed by atoms with van der Waals surface area (Å²) >= 11 is 0. The van der Waals surface area contributed by atoms with Crippen LogP contribution in [0, 0.1) is 6.92 Å². The fourth-order valence-electron chi connectivity index (χ4n) is 1.65. The van der Waals surface area contributed by atoms with E-state index in [2.05, 4.69) is 15.1 Å². The van der Waals surface area contributed by atoms with E-state index < -0.39 is 0 Å². The Hall–Kier alpha value is -2.83. The first-order valence-corrected chi connectivity index (χ1v) is 6.36. The smallest absolute Gasteiger partial charge is 0.322 e. The molecule has 0 spiro atoms. The van der Waals surface area contributed by atoms with E-state index in [1.54, 1.807) is 37.3 Å². The number of aryl methyl sites for hydroxylation is 1. The normalized spacial score (nSPS) is 11.2. The minimum Gasteiger partial charge on any atom is -0.494 e. The van der Waals surface area contributed by atoms with Crippen molar-refractivity contribution in [2.24, 2.45) is 10.9 Å². The summed E-state index contributed by atoms with van der Waals surface area (Å²) in [6, 6.07) is 8.80. The molecule has 2 aromatic rings. The second-order valence-corrected chi connectivity index (χ2v) is 4.17. The number of rotatable bonds is 5. The number of amidine groups is 1. The van der Waals surface area contributed by atoms with Gasteiger partial charge in [0.2, 0.25) is 0 Å². The Kier molecular flexibility index (Phi) is 4.55. The van der Waals surface area contributed by atoms with Crippen molar-refractivity contribution < 1.29 is 14.7 Å². The van der Waals surface area contributed by atoms with E-state index in [0.29, 0.717) is 23.7 Å². The molecule has 0 aliphatic rings. The molecule has 0 aliphatic carbocycles. The highest BCUT2D eigenvalue weighted by molar-refractivity contribution is 5.95. The zero-order chi connectivity index (χ0) is 15.2. The third-order valence-electron chi connectivity index (χ3n) is 2.55. The van der Waals surface area contributed by atoms with Crippen molar-refractivity contribution in [1.82, 2.24) is 9.97 Å². The Labute approximate surface area is 122 Å². The molecule has 0 saturated heterocycles. The molecule has 21 heavy (non-hydrogen) atoms. The van der Waals surface area contributed by atoms with Gasteiger partial charge in [-0.2, -0.15) is 4.98 Å². The van der Waals surface area contributed by atoms with Crippen LogP contribution in [0.1, 0.15) is 18.3 Å². The molecular formula is C14H16N4O3. The summed E-state index contributed by atoms with van der Waals surface area (Å²) in [5, 5.41) is 11.6. The van der Waals surface area contributed by atoms with Crippen molar-refractivity contribution >= 4 is 5.84 Å². The third kappa shape index (κ3) is 3.82. The van der Waals surface area contributed by atoms with Crippen molar-refractivity contribution in [3.05, 3.63) is 41.7 Å². The van der Waals surface area contributed by atoms with Crippen LogP contribution in [0.25, 0.3) is 0 Å². The summed E-state index contributed by atoms with van der Waals surface area (Å²) in [4.78, 5) is 8.23. The van der Waals surface area contributed by atoms with Gasteiger partial charge in [0.1, 0.15) is 17.2 Å². The predicted molar refractivity (Wildman–Crippen MR) is 77.0 cm³/mol. The van der Waals surface area contributed by atoms with Crippen LogP contribution in [0.4, 0.5) is 0 Å². The zero-order valence-electron chi connectivity index (χ0n) is 11.8. The monoisotopic (exact) mass is 288 g/mol. The van der Waals surface area contributed by atoms with Crippen molar-refractivity contribution in [1.29, 1.82) is 0 Å². The van der Waals surface area contributed by atoms with Gasteiger partial charge in [0.15, 0.2) is 5.84 Å². The quantitative estimate of drug-likeness (QED) is 0.378. The van der Waals surface area contributed by atoms with Gasteiger partial charge in [0.05, 0.1) is 6.61 Å². The summed E-state index contributed by atoms with van der Waals surface area (Å²) in [6.45, 7) is 4.28. The lowest BCUT2D eigenvalue weighted by Gasteiger charge is -2.07.